The highest BCUT2D eigenvalue weighted by atomic mass is 16.6. The van der Waals surface area contributed by atoms with Gasteiger partial charge in [-0.1, -0.05) is 6.07 Å². The molecule has 3 rings (SSSR count). The summed E-state index contributed by atoms with van der Waals surface area (Å²) in [6, 6.07) is 9.89. The first-order valence-electron chi connectivity index (χ1n) is 8.60. The highest BCUT2D eigenvalue weighted by Crippen LogP contribution is 2.31. The summed E-state index contributed by atoms with van der Waals surface area (Å²) in [4.78, 5) is 25.9. The van der Waals surface area contributed by atoms with Gasteiger partial charge in [0.1, 0.15) is 13.2 Å². The molecule has 1 aliphatic heterocycles. The van der Waals surface area contributed by atoms with Crippen molar-refractivity contribution in [3.8, 4) is 11.5 Å². The number of aromatic nitrogens is 1. The molecule has 1 amide bonds. The lowest BCUT2D eigenvalue weighted by Gasteiger charge is -2.23. The summed E-state index contributed by atoms with van der Waals surface area (Å²) in [5.41, 5.74) is 0.710. The number of hydrogen-bond acceptors (Lipinski definition) is 6. The number of benzene rings is 1. The quantitative estimate of drug-likeness (QED) is 0.431. The number of carbonyl (C=O) groups excluding carboxylic acids is 2. The number of hydrogen-bond donors (Lipinski definition) is 0. The van der Waals surface area contributed by atoms with Crippen LogP contribution in [0.25, 0.3) is 0 Å². The number of likely N-dealkylation sites (N-methyl/N-ethyl adjacent to an activating group) is 1. The van der Waals surface area contributed by atoms with Crippen LogP contribution in [0.1, 0.15) is 23.0 Å². The Balaban J connectivity index is 1.59. The van der Waals surface area contributed by atoms with Gasteiger partial charge in [0.05, 0.1) is 0 Å². The van der Waals surface area contributed by atoms with E-state index in [4.69, 9.17) is 14.2 Å². The maximum Gasteiger partial charge on any atom is 0.405 e. The fourth-order valence-corrected chi connectivity index (χ4v) is 2.66. The SMILES string of the molecule is CCN(Cc1ccc2c(c1)OCCO2)C(=O)COC(=O)c1cccc[n+]1[O-]. The Morgan fingerprint density at radius 2 is 1.96 bits per heavy atom. The number of esters is 1. The predicted molar refractivity (Wildman–Crippen MR) is 94.2 cm³/mol. The summed E-state index contributed by atoms with van der Waals surface area (Å²) in [5, 5.41) is 11.6. The maximum atomic E-state index is 12.4. The minimum absolute atomic E-state index is 0.166. The van der Waals surface area contributed by atoms with Crippen molar-refractivity contribution in [1.29, 1.82) is 0 Å². The summed E-state index contributed by atoms with van der Waals surface area (Å²) in [7, 11) is 0. The number of fused-ring (bicyclic) bond motifs is 1. The monoisotopic (exact) mass is 372 g/mol. The van der Waals surface area contributed by atoms with Gasteiger partial charge in [0.2, 0.25) is 0 Å². The zero-order valence-electron chi connectivity index (χ0n) is 14.9. The van der Waals surface area contributed by atoms with Crippen molar-refractivity contribution >= 4 is 11.9 Å². The van der Waals surface area contributed by atoms with Crippen LogP contribution in [0.5, 0.6) is 11.5 Å². The van der Waals surface area contributed by atoms with E-state index in [-0.39, 0.29) is 11.6 Å². The Morgan fingerprint density at radius 1 is 1.19 bits per heavy atom. The van der Waals surface area contributed by atoms with Gasteiger partial charge in [-0.15, -0.1) is 0 Å². The molecule has 1 aromatic heterocycles. The lowest BCUT2D eigenvalue weighted by molar-refractivity contribution is -0.608. The summed E-state index contributed by atoms with van der Waals surface area (Å²) in [6.07, 6.45) is 1.19. The van der Waals surface area contributed by atoms with Crippen LogP contribution in [0, 0.1) is 5.21 Å². The predicted octanol–water partition coefficient (Wildman–Crippen LogP) is 1.30. The zero-order valence-corrected chi connectivity index (χ0v) is 14.9. The second-order valence-corrected chi connectivity index (χ2v) is 5.87. The summed E-state index contributed by atoms with van der Waals surface area (Å²) in [6.45, 7) is 3.19. The highest BCUT2D eigenvalue weighted by Gasteiger charge is 2.21. The number of carbonyl (C=O) groups is 2. The van der Waals surface area contributed by atoms with Crippen molar-refractivity contribution in [1.82, 2.24) is 4.90 Å². The van der Waals surface area contributed by atoms with Gasteiger partial charge in [-0.2, -0.15) is 4.73 Å². The van der Waals surface area contributed by atoms with Gasteiger partial charge in [-0.05, 0) is 30.7 Å². The van der Waals surface area contributed by atoms with Crippen LogP contribution in [-0.4, -0.2) is 43.1 Å². The standard InChI is InChI=1S/C19H20N2O6/c1-2-20(12-14-6-7-16-17(11-14)26-10-9-25-16)18(22)13-27-19(23)15-5-3-4-8-21(15)24/h3-8,11H,2,9-10,12-13H2,1H3. The number of nitrogens with zero attached hydrogens (tertiary/aromatic N) is 2. The van der Waals surface area contributed by atoms with Crippen molar-refractivity contribution < 1.29 is 28.5 Å². The van der Waals surface area contributed by atoms with E-state index in [1.165, 1.54) is 18.3 Å². The van der Waals surface area contributed by atoms with E-state index in [0.717, 1.165) is 5.56 Å². The minimum atomic E-state index is -0.839. The summed E-state index contributed by atoms with van der Waals surface area (Å²) in [5.74, 6) is 0.142. The van der Waals surface area contributed by atoms with E-state index < -0.39 is 12.6 Å². The molecule has 0 saturated heterocycles. The van der Waals surface area contributed by atoms with Crippen LogP contribution in [0.3, 0.4) is 0 Å². The molecule has 0 bridgehead atoms. The third-order valence-electron chi connectivity index (χ3n) is 4.07. The van der Waals surface area contributed by atoms with E-state index >= 15 is 0 Å². The van der Waals surface area contributed by atoms with Gasteiger partial charge in [0.15, 0.2) is 24.3 Å². The molecule has 0 unspecified atom stereocenters. The molecule has 8 nitrogen and oxygen atoms in total. The average molecular weight is 372 g/mol. The molecular weight excluding hydrogens is 352 g/mol. The largest absolute Gasteiger partial charge is 0.618 e. The summed E-state index contributed by atoms with van der Waals surface area (Å²) >= 11 is 0. The van der Waals surface area contributed by atoms with E-state index in [0.29, 0.717) is 42.5 Å². The molecule has 0 atom stereocenters. The fraction of sp³-hybridized carbons (Fsp3) is 0.316. The Bertz CT molecular complexity index is 839. The van der Waals surface area contributed by atoms with Gasteiger partial charge < -0.3 is 24.3 Å². The lowest BCUT2D eigenvalue weighted by atomic mass is 10.1. The maximum absolute atomic E-state index is 12.4. The fourth-order valence-electron chi connectivity index (χ4n) is 2.66. The molecule has 27 heavy (non-hydrogen) atoms. The molecule has 0 saturated carbocycles. The molecular formula is C19H20N2O6. The van der Waals surface area contributed by atoms with Crippen LogP contribution in [0.15, 0.2) is 42.6 Å². The second-order valence-electron chi connectivity index (χ2n) is 5.87. The van der Waals surface area contributed by atoms with Gasteiger partial charge in [-0.3, -0.25) is 4.79 Å². The third kappa shape index (κ3) is 4.46. The number of pyridine rings is 1. The van der Waals surface area contributed by atoms with Crippen LogP contribution in [0.4, 0.5) is 0 Å². The number of ether oxygens (including phenoxy) is 3. The van der Waals surface area contributed by atoms with Crippen LogP contribution in [0.2, 0.25) is 0 Å². The minimum Gasteiger partial charge on any atom is -0.618 e. The molecule has 1 aliphatic rings. The molecule has 142 valence electrons. The molecule has 2 heterocycles. The Hall–Kier alpha value is -3.29. The van der Waals surface area contributed by atoms with Crippen molar-refractivity contribution in [3.63, 3.8) is 0 Å². The van der Waals surface area contributed by atoms with E-state index in [1.807, 2.05) is 25.1 Å². The normalized spacial score (nSPS) is 12.3. The van der Waals surface area contributed by atoms with Gasteiger partial charge in [0, 0.05) is 25.2 Å². The van der Waals surface area contributed by atoms with E-state index in [2.05, 4.69) is 0 Å². The number of rotatable bonds is 6. The third-order valence-corrected chi connectivity index (χ3v) is 4.07. The highest BCUT2D eigenvalue weighted by molar-refractivity contribution is 5.88. The zero-order chi connectivity index (χ0) is 19.2. The molecule has 1 aromatic carbocycles. The molecule has 0 aliphatic carbocycles. The molecule has 2 aromatic rings. The number of amides is 1. The first-order valence-corrected chi connectivity index (χ1v) is 8.60. The van der Waals surface area contributed by atoms with Crippen molar-refractivity contribution in [2.45, 2.75) is 13.5 Å². The van der Waals surface area contributed by atoms with Gasteiger partial charge in [-0.25, -0.2) is 4.79 Å². The molecule has 0 N–H and O–H groups in total. The molecule has 8 heteroatoms. The van der Waals surface area contributed by atoms with Crippen LogP contribution < -0.4 is 14.2 Å². The topological polar surface area (TPSA) is 92.0 Å². The van der Waals surface area contributed by atoms with E-state index in [1.54, 1.807) is 11.0 Å². The van der Waals surface area contributed by atoms with Gasteiger partial charge in [0.25, 0.3) is 5.91 Å². The van der Waals surface area contributed by atoms with Gasteiger partial charge >= 0.3 is 11.7 Å². The Morgan fingerprint density at radius 3 is 2.70 bits per heavy atom. The first-order chi connectivity index (χ1) is 13.1. The van der Waals surface area contributed by atoms with Crippen LogP contribution >= 0.6 is 0 Å². The molecule has 0 radical (unpaired) electrons. The second kappa shape index (κ2) is 8.39. The van der Waals surface area contributed by atoms with Crippen LogP contribution in [-0.2, 0) is 16.1 Å². The Labute approximate surface area is 156 Å². The Kier molecular flexibility index (Phi) is 5.75. The molecule has 0 spiro atoms. The summed E-state index contributed by atoms with van der Waals surface area (Å²) < 4.78 is 16.4. The average Bonchev–Trinajstić information content (AvgIpc) is 2.70. The molecule has 0 fully saturated rings. The van der Waals surface area contributed by atoms with Crippen molar-refractivity contribution in [2.75, 3.05) is 26.4 Å². The lowest BCUT2D eigenvalue weighted by Crippen LogP contribution is -2.37. The van der Waals surface area contributed by atoms with E-state index in [9.17, 15) is 14.8 Å². The smallest absolute Gasteiger partial charge is 0.405 e. The first kappa shape index (κ1) is 18.5. The van der Waals surface area contributed by atoms with Crippen molar-refractivity contribution in [2.24, 2.45) is 0 Å². The van der Waals surface area contributed by atoms with Crippen molar-refractivity contribution in [3.05, 3.63) is 59.1 Å².